The van der Waals surface area contributed by atoms with E-state index in [1.165, 1.54) is 25.0 Å². The molecule has 0 radical (unpaired) electrons. The zero-order valence-electron chi connectivity index (χ0n) is 11.4. The van der Waals surface area contributed by atoms with Crippen LogP contribution in [0.2, 0.25) is 0 Å². The molecule has 0 aromatic heterocycles. The minimum absolute atomic E-state index is 0.234. The molecule has 4 heteroatoms. The van der Waals surface area contributed by atoms with Crippen molar-refractivity contribution in [1.29, 1.82) is 0 Å². The lowest BCUT2D eigenvalue weighted by molar-refractivity contribution is -0.128. The van der Waals surface area contributed by atoms with Gasteiger partial charge in [-0.25, -0.2) is 0 Å². The van der Waals surface area contributed by atoms with Crippen LogP contribution in [0.3, 0.4) is 0 Å². The Bertz CT molecular complexity index is 233. The Hall–Kier alpha value is -0.220. The number of amides is 1. The first-order chi connectivity index (χ1) is 8.15. The Morgan fingerprint density at radius 1 is 1.41 bits per heavy atom. The van der Waals surface area contributed by atoms with Crippen LogP contribution in [0.4, 0.5) is 0 Å². The van der Waals surface area contributed by atoms with Crippen molar-refractivity contribution in [2.45, 2.75) is 50.3 Å². The third-order valence-corrected chi connectivity index (χ3v) is 4.63. The van der Waals surface area contributed by atoms with Crippen molar-refractivity contribution in [2.24, 2.45) is 0 Å². The summed E-state index contributed by atoms with van der Waals surface area (Å²) in [5.74, 6) is 1.44. The Kier molecular flexibility index (Phi) is 6.97. The van der Waals surface area contributed by atoms with E-state index < -0.39 is 0 Å². The summed E-state index contributed by atoms with van der Waals surface area (Å²) in [6.45, 7) is 3.21. The Balaban J connectivity index is 2.11. The summed E-state index contributed by atoms with van der Waals surface area (Å²) in [6.07, 6.45) is 5.63. The molecule has 0 saturated heterocycles. The van der Waals surface area contributed by atoms with Gasteiger partial charge in [0.2, 0.25) is 5.91 Å². The molecule has 0 aliphatic heterocycles. The van der Waals surface area contributed by atoms with Gasteiger partial charge in [0.25, 0.3) is 0 Å². The van der Waals surface area contributed by atoms with Gasteiger partial charge in [-0.15, -0.1) is 0 Å². The fraction of sp³-hybridized carbons (Fsp3) is 0.923. The molecule has 100 valence electrons. The third kappa shape index (κ3) is 5.30. The molecule has 2 atom stereocenters. The molecule has 0 spiro atoms. The number of rotatable bonds is 7. The topological polar surface area (TPSA) is 32.3 Å². The molecular formula is C13H26N2OS. The highest BCUT2D eigenvalue weighted by Crippen LogP contribution is 2.29. The van der Waals surface area contributed by atoms with Crippen molar-refractivity contribution < 1.29 is 4.79 Å². The van der Waals surface area contributed by atoms with Crippen molar-refractivity contribution in [3.05, 3.63) is 0 Å². The van der Waals surface area contributed by atoms with E-state index in [1.807, 2.05) is 14.1 Å². The Labute approximate surface area is 110 Å². The maximum Gasteiger partial charge on any atom is 0.222 e. The van der Waals surface area contributed by atoms with Crippen LogP contribution >= 0.6 is 11.8 Å². The molecule has 0 aromatic rings. The molecule has 1 saturated carbocycles. The van der Waals surface area contributed by atoms with Crippen LogP contribution in [0.5, 0.6) is 0 Å². The first kappa shape index (κ1) is 14.8. The van der Waals surface area contributed by atoms with Gasteiger partial charge in [-0.2, -0.15) is 11.8 Å². The second-order valence-electron chi connectivity index (χ2n) is 4.88. The SMILES string of the molecule is CCSC1CCCC1NCCCC(=O)N(C)C. The van der Waals surface area contributed by atoms with Gasteiger partial charge in [-0.3, -0.25) is 4.79 Å². The van der Waals surface area contributed by atoms with Crippen LogP contribution in [0.25, 0.3) is 0 Å². The van der Waals surface area contributed by atoms with Crippen LogP contribution in [-0.2, 0) is 4.79 Å². The van der Waals surface area contributed by atoms with Gasteiger partial charge in [0, 0.05) is 31.8 Å². The molecule has 1 aliphatic rings. The number of hydrogen-bond acceptors (Lipinski definition) is 3. The summed E-state index contributed by atoms with van der Waals surface area (Å²) in [6, 6.07) is 0.675. The first-order valence-electron chi connectivity index (χ1n) is 6.70. The molecule has 3 nitrogen and oxygen atoms in total. The lowest BCUT2D eigenvalue weighted by Gasteiger charge is -2.20. The number of nitrogens with zero attached hydrogens (tertiary/aromatic N) is 1. The highest BCUT2D eigenvalue weighted by atomic mass is 32.2. The summed E-state index contributed by atoms with van der Waals surface area (Å²) >= 11 is 2.08. The minimum Gasteiger partial charge on any atom is -0.349 e. The van der Waals surface area contributed by atoms with Crippen molar-refractivity contribution >= 4 is 17.7 Å². The smallest absolute Gasteiger partial charge is 0.222 e. The molecule has 0 bridgehead atoms. The lowest BCUT2D eigenvalue weighted by atomic mass is 10.2. The van der Waals surface area contributed by atoms with Crippen molar-refractivity contribution in [1.82, 2.24) is 10.2 Å². The van der Waals surface area contributed by atoms with E-state index in [0.29, 0.717) is 12.5 Å². The van der Waals surface area contributed by atoms with Gasteiger partial charge in [0.1, 0.15) is 0 Å². The molecule has 1 fully saturated rings. The maximum absolute atomic E-state index is 11.4. The standard InChI is InChI=1S/C13H26N2OS/c1-4-17-12-8-5-7-11(12)14-10-6-9-13(16)15(2)3/h11-12,14H,4-10H2,1-3H3. The maximum atomic E-state index is 11.4. The second-order valence-corrected chi connectivity index (χ2v) is 6.39. The van der Waals surface area contributed by atoms with E-state index in [9.17, 15) is 4.79 Å². The fourth-order valence-electron chi connectivity index (χ4n) is 2.32. The van der Waals surface area contributed by atoms with Crippen molar-refractivity contribution in [3.8, 4) is 0 Å². The van der Waals surface area contributed by atoms with Crippen molar-refractivity contribution in [2.75, 3.05) is 26.4 Å². The van der Waals surface area contributed by atoms with Gasteiger partial charge in [0.05, 0.1) is 0 Å². The predicted octanol–water partition coefficient (Wildman–Crippen LogP) is 2.12. The molecule has 0 aromatic carbocycles. The van der Waals surface area contributed by atoms with Crippen LogP contribution in [0.1, 0.15) is 39.0 Å². The van der Waals surface area contributed by atoms with Gasteiger partial charge >= 0.3 is 0 Å². The second kappa shape index (κ2) is 7.98. The van der Waals surface area contributed by atoms with E-state index in [2.05, 4.69) is 24.0 Å². The molecule has 0 heterocycles. The normalized spacial score (nSPS) is 23.9. The van der Waals surface area contributed by atoms with Gasteiger partial charge in [-0.1, -0.05) is 13.3 Å². The van der Waals surface area contributed by atoms with Crippen LogP contribution in [0.15, 0.2) is 0 Å². The van der Waals surface area contributed by atoms with Crippen molar-refractivity contribution in [3.63, 3.8) is 0 Å². The zero-order valence-corrected chi connectivity index (χ0v) is 12.2. The molecule has 17 heavy (non-hydrogen) atoms. The summed E-state index contributed by atoms with van der Waals surface area (Å²) in [7, 11) is 3.64. The number of thioether (sulfide) groups is 1. The van der Waals surface area contributed by atoms with Crippen LogP contribution in [-0.4, -0.2) is 48.5 Å². The fourth-order valence-corrected chi connectivity index (χ4v) is 3.55. The molecular weight excluding hydrogens is 232 g/mol. The zero-order chi connectivity index (χ0) is 12.7. The minimum atomic E-state index is 0.234. The Morgan fingerprint density at radius 3 is 2.82 bits per heavy atom. The Morgan fingerprint density at radius 2 is 2.18 bits per heavy atom. The van der Waals surface area contributed by atoms with E-state index in [-0.39, 0.29) is 5.91 Å². The summed E-state index contributed by atoms with van der Waals surface area (Å²) in [5, 5.41) is 4.42. The van der Waals surface area contributed by atoms with E-state index in [4.69, 9.17) is 0 Å². The van der Waals surface area contributed by atoms with Gasteiger partial charge < -0.3 is 10.2 Å². The molecule has 1 amide bonds. The molecule has 1 aliphatic carbocycles. The van der Waals surface area contributed by atoms with E-state index >= 15 is 0 Å². The first-order valence-corrected chi connectivity index (χ1v) is 7.75. The highest BCUT2D eigenvalue weighted by Gasteiger charge is 2.26. The van der Waals surface area contributed by atoms with Crippen LogP contribution in [0, 0.1) is 0 Å². The number of carbonyl (C=O) groups is 1. The summed E-state index contributed by atoms with van der Waals surface area (Å²) < 4.78 is 0. The largest absolute Gasteiger partial charge is 0.349 e. The average Bonchev–Trinajstić information content (AvgIpc) is 2.72. The van der Waals surface area contributed by atoms with Gasteiger partial charge in [0.15, 0.2) is 0 Å². The third-order valence-electron chi connectivity index (χ3n) is 3.31. The predicted molar refractivity (Wildman–Crippen MR) is 75.5 cm³/mol. The monoisotopic (exact) mass is 258 g/mol. The van der Waals surface area contributed by atoms with E-state index in [0.717, 1.165) is 18.2 Å². The quantitative estimate of drug-likeness (QED) is 0.710. The number of carbonyl (C=O) groups excluding carboxylic acids is 1. The summed E-state index contributed by atoms with van der Waals surface area (Å²) in [5.41, 5.74) is 0. The molecule has 1 rings (SSSR count). The lowest BCUT2D eigenvalue weighted by Crippen LogP contribution is -2.35. The molecule has 2 unspecified atom stereocenters. The number of hydrogen-bond donors (Lipinski definition) is 1. The molecule has 1 N–H and O–H groups in total. The average molecular weight is 258 g/mol. The summed E-state index contributed by atoms with van der Waals surface area (Å²) in [4.78, 5) is 13.1. The van der Waals surface area contributed by atoms with Gasteiger partial charge in [-0.05, 0) is 31.6 Å². The van der Waals surface area contributed by atoms with E-state index in [1.54, 1.807) is 4.90 Å². The van der Waals surface area contributed by atoms with Crippen LogP contribution < -0.4 is 5.32 Å². The highest BCUT2D eigenvalue weighted by molar-refractivity contribution is 7.99. The number of nitrogens with one attached hydrogen (secondary N) is 1.